The van der Waals surface area contributed by atoms with E-state index in [1.165, 1.54) is 23.9 Å². The molecule has 1 N–H and O–H groups in total. The molecular formula is C17H19NO3S2. The van der Waals surface area contributed by atoms with Gasteiger partial charge in [0.2, 0.25) is 5.91 Å². The van der Waals surface area contributed by atoms with E-state index in [1.807, 2.05) is 26.0 Å². The maximum atomic E-state index is 12.0. The van der Waals surface area contributed by atoms with E-state index in [4.69, 9.17) is 0 Å². The van der Waals surface area contributed by atoms with E-state index in [9.17, 15) is 13.2 Å². The summed E-state index contributed by atoms with van der Waals surface area (Å²) < 4.78 is 22.8. The van der Waals surface area contributed by atoms with Gasteiger partial charge in [0.05, 0.1) is 10.6 Å². The highest BCUT2D eigenvalue weighted by Crippen LogP contribution is 2.23. The standard InChI is InChI=1S/C17H19NO3S2/c1-12-4-5-13(2)16(10-12)22-11-17(19)18-14-6-8-15(9-7-14)23(3,20)21/h4-10H,11H2,1-3H3,(H,18,19). The molecule has 2 aromatic rings. The molecular weight excluding hydrogens is 330 g/mol. The summed E-state index contributed by atoms with van der Waals surface area (Å²) in [5.41, 5.74) is 2.89. The number of nitrogens with one attached hydrogen (secondary N) is 1. The Morgan fingerprint density at radius 1 is 1.09 bits per heavy atom. The van der Waals surface area contributed by atoms with Crippen LogP contribution < -0.4 is 5.32 Å². The lowest BCUT2D eigenvalue weighted by Gasteiger charge is -2.08. The molecule has 1 amide bonds. The van der Waals surface area contributed by atoms with Gasteiger partial charge in [-0.2, -0.15) is 0 Å². The molecule has 0 unspecified atom stereocenters. The van der Waals surface area contributed by atoms with Crippen LogP contribution in [0.4, 0.5) is 5.69 Å². The minimum Gasteiger partial charge on any atom is -0.325 e. The van der Waals surface area contributed by atoms with Gasteiger partial charge >= 0.3 is 0 Å². The molecule has 6 heteroatoms. The third-order valence-electron chi connectivity index (χ3n) is 3.27. The minimum atomic E-state index is -3.22. The zero-order valence-electron chi connectivity index (χ0n) is 13.3. The number of carbonyl (C=O) groups is 1. The average molecular weight is 349 g/mol. The molecule has 2 aromatic carbocycles. The van der Waals surface area contributed by atoms with Crippen LogP contribution in [-0.4, -0.2) is 26.3 Å². The second-order valence-corrected chi connectivity index (χ2v) is 8.44. The number of hydrogen-bond acceptors (Lipinski definition) is 4. The number of benzene rings is 2. The zero-order valence-corrected chi connectivity index (χ0v) is 14.9. The van der Waals surface area contributed by atoms with Gasteiger partial charge in [-0.15, -0.1) is 11.8 Å². The molecule has 2 rings (SSSR count). The van der Waals surface area contributed by atoms with Gasteiger partial charge in [0, 0.05) is 16.8 Å². The third-order valence-corrected chi connectivity index (χ3v) is 5.55. The van der Waals surface area contributed by atoms with Crippen molar-refractivity contribution in [2.75, 3.05) is 17.3 Å². The third kappa shape index (κ3) is 5.11. The Balaban J connectivity index is 1.96. The first-order chi connectivity index (χ1) is 10.8. The molecule has 0 fully saturated rings. The molecule has 0 aromatic heterocycles. The van der Waals surface area contributed by atoms with Crippen molar-refractivity contribution in [2.24, 2.45) is 0 Å². The Morgan fingerprint density at radius 3 is 2.35 bits per heavy atom. The SMILES string of the molecule is Cc1ccc(C)c(SCC(=O)Nc2ccc(S(C)(=O)=O)cc2)c1. The predicted octanol–water partition coefficient (Wildman–Crippen LogP) is 3.44. The minimum absolute atomic E-state index is 0.122. The molecule has 0 heterocycles. The monoisotopic (exact) mass is 349 g/mol. The molecule has 0 spiro atoms. The number of amides is 1. The van der Waals surface area contributed by atoms with Crippen molar-refractivity contribution in [3.8, 4) is 0 Å². The van der Waals surface area contributed by atoms with Gasteiger partial charge in [-0.3, -0.25) is 4.79 Å². The van der Waals surface area contributed by atoms with Crippen molar-refractivity contribution in [3.05, 3.63) is 53.6 Å². The van der Waals surface area contributed by atoms with Gasteiger partial charge in [0.15, 0.2) is 9.84 Å². The van der Waals surface area contributed by atoms with Crippen LogP contribution in [0.5, 0.6) is 0 Å². The van der Waals surface area contributed by atoms with E-state index in [2.05, 4.69) is 11.4 Å². The van der Waals surface area contributed by atoms with Gasteiger partial charge in [0.1, 0.15) is 0 Å². The van der Waals surface area contributed by atoms with Crippen molar-refractivity contribution in [2.45, 2.75) is 23.6 Å². The second kappa shape index (κ2) is 7.19. The van der Waals surface area contributed by atoms with Crippen LogP contribution in [0, 0.1) is 13.8 Å². The molecule has 0 aliphatic rings. The molecule has 0 aliphatic heterocycles. The van der Waals surface area contributed by atoms with Crippen LogP contribution in [0.1, 0.15) is 11.1 Å². The Hall–Kier alpha value is -1.79. The maximum Gasteiger partial charge on any atom is 0.234 e. The zero-order chi connectivity index (χ0) is 17.0. The fraction of sp³-hybridized carbons (Fsp3) is 0.235. The summed E-state index contributed by atoms with van der Waals surface area (Å²) in [5.74, 6) is 0.181. The lowest BCUT2D eigenvalue weighted by atomic mass is 10.2. The lowest BCUT2D eigenvalue weighted by Crippen LogP contribution is -2.14. The summed E-state index contributed by atoms with van der Waals surface area (Å²) in [6.07, 6.45) is 1.15. The maximum absolute atomic E-state index is 12.0. The number of hydrogen-bond donors (Lipinski definition) is 1. The van der Waals surface area contributed by atoms with E-state index in [-0.39, 0.29) is 10.8 Å². The number of sulfone groups is 1. The van der Waals surface area contributed by atoms with Gasteiger partial charge in [-0.1, -0.05) is 17.7 Å². The Labute approximate surface area is 141 Å². The first kappa shape index (κ1) is 17.6. The Kier molecular flexibility index (Phi) is 5.49. The van der Waals surface area contributed by atoms with Gasteiger partial charge < -0.3 is 5.32 Å². The second-order valence-electron chi connectivity index (χ2n) is 5.40. The highest BCUT2D eigenvalue weighted by atomic mass is 32.2. The summed E-state index contributed by atoms with van der Waals surface area (Å²) in [5, 5.41) is 2.77. The molecule has 122 valence electrons. The van der Waals surface area contributed by atoms with Crippen LogP contribution in [0.2, 0.25) is 0 Å². The molecule has 0 bridgehead atoms. The van der Waals surface area contributed by atoms with Crippen molar-refractivity contribution in [3.63, 3.8) is 0 Å². The van der Waals surface area contributed by atoms with E-state index in [1.54, 1.807) is 12.1 Å². The summed E-state index contributed by atoms with van der Waals surface area (Å²) in [6, 6.07) is 12.3. The molecule has 0 saturated heterocycles. The average Bonchev–Trinajstić information content (AvgIpc) is 2.48. The fourth-order valence-corrected chi connectivity index (χ4v) is 3.54. The summed E-state index contributed by atoms with van der Waals surface area (Å²) in [6.45, 7) is 4.04. The van der Waals surface area contributed by atoms with Crippen LogP contribution in [0.15, 0.2) is 52.3 Å². The topological polar surface area (TPSA) is 63.2 Å². The molecule has 0 saturated carbocycles. The first-order valence-corrected chi connectivity index (χ1v) is 9.93. The number of thioether (sulfide) groups is 1. The van der Waals surface area contributed by atoms with Crippen LogP contribution in [0.25, 0.3) is 0 Å². The van der Waals surface area contributed by atoms with Crippen LogP contribution in [-0.2, 0) is 14.6 Å². The number of carbonyl (C=O) groups excluding carboxylic acids is 1. The van der Waals surface area contributed by atoms with E-state index in [0.717, 1.165) is 22.3 Å². The van der Waals surface area contributed by atoms with Crippen molar-refractivity contribution >= 4 is 33.2 Å². The Bertz CT molecular complexity index is 812. The fourth-order valence-electron chi connectivity index (χ4n) is 1.99. The van der Waals surface area contributed by atoms with Gasteiger partial charge in [-0.05, 0) is 49.7 Å². The molecule has 4 nitrogen and oxygen atoms in total. The number of rotatable bonds is 5. The van der Waals surface area contributed by atoms with Crippen LogP contribution >= 0.6 is 11.8 Å². The molecule has 0 radical (unpaired) electrons. The molecule has 0 atom stereocenters. The van der Waals surface area contributed by atoms with Crippen LogP contribution in [0.3, 0.4) is 0 Å². The van der Waals surface area contributed by atoms with E-state index < -0.39 is 9.84 Å². The predicted molar refractivity (Wildman–Crippen MR) is 94.8 cm³/mol. The molecule has 23 heavy (non-hydrogen) atoms. The Morgan fingerprint density at radius 2 is 1.74 bits per heavy atom. The summed E-state index contributed by atoms with van der Waals surface area (Å²) >= 11 is 1.49. The number of anilines is 1. The normalized spacial score (nSPS) is 11.3. The molecule has 0 aliphatic carbocycles. The van der Waals surface area contributed by atoms with E-state index in [0.29, 0.717) is 11.4 Å². The largest absolute Gasteiger partial charge is 0.325 e. The number of aryl methyl sites for hydroxylation is 2. The first-order valence-electron chi connectivity index (χ1n) is 7.06. The summed E-state index contributed by atoms with van der Waals surface area (Å²) in [4.78, 5) is 13.3. The quantitative estimate of drug-likeness (QED) is 0.840. The van der Waals surface area contributed by atoms with Crippen molar-refractivity contribution in [1.29, 1.82) is 0 Å². The van der Waals surface area contributed by atoms with Gasteiger partial charge in [-0.25, -0.2) is 8.42 Å². The highest BCUT2D eigenvalue weighted by Gasteiger charge is 2.08. The van der Waals surface area contributed by atoms with Gasteiger partial charge in [0.25, 0.3) is 0 Å². The smallest absolute Gasteiger partial charge is 0.234 e. The lowest BCUT2D eigenvalue weighted by molar-refractivity contribution is -0.113. The highest BCUT2D eigenvalue weighted by molar-refractivity contribution is 8.00. The van der Waals surface area contributed by atoms with Crippen molar-refractivity contribution in [1.82, 2.24) is 0 Å². The van der Waals surface area contributed by atoms with E-state index >= 15 is 0 Å². The summed E-state index contributed by atoms with van der Waals surface area (Å²) in [7, 11) is -3.22. The van der Waals surface area contributed by atoms with Crippen molar-refractivity contribution < 1.29 is 13.2 Å².